The van der Waals surface area contributed by atoms with Crippen molar-refractivity contribution in [3.8, 4) is 0 Å². The first kappa shape index (κ1) is 13.7. The van der Waals surface area contributed by atoms with Gasteiger partial charge in [0.05, 0.1) is 10.6 Å². The Labute approximate surface area is 112 Å². The van der Waals surface area contributed by atoms with Gasteiger partial charge in [0.15, 0.2) is 9.84 Å². The average molecular weight is 278 g/mol. The second kappa shape index (κ2) is 5.53. The van der Waals surface area contributed by atoms with Crippen molar-refractivity contribution in [1.82, 2.24) is 0 Å². The van der Waals surface area contributed by atoms with E-state index in [-0.39, 0.29) is 10.6 Å². The molecule has 4 heteroatoms. The van der Waals surface area contributed by atoms with Crippen LogP contribution in [0.4, 0.5) is 4.39 Å². The van der Waals surface area contributed by atoms with E-state index in [1.54, 1.807) is 12.1 Å². The lowest BCUT2D eigenvalue weighted by Crippen LogP contribution is -2.05. The van der Waals surface area contributed by atoms with E-state index in [0.717, 1.165) is 18.1 Å². The van der Waals surface area contributed by atoms with Crippen molar-refractivity contribution in [2.75, 3.05) is 0 Å². The zero-order valence-electron chi connectivity index (χ0n) is 10.6. The molecule has 2 nitrogen and oxygen atoms in total. The zero-order valence-corrected chi connectivity index (χ0v) is 11.5. The highest BCUT2D eigenvalue weighted by Gasteiger charge is 2.15. The Morgan fingerprint density at radius 1 is 1.00 bits per heavy atom. The molecule has 0 N–H and O–H groups in total. The summed E-state index contributed by atoms with van der Waals surface area (Å²) in [5, 5.41) is 0. The molecule has 0 saturated heterocycles. The number of halogens is 1. The highest BCUT2D eigenvalue weighted by atomic mass is 32.2. The molecule has 0 aliphatic rings. The van der Waals surface area contributed by atoms with Gasteiger partial charge in [-0.1, -0.05) is 37.3 Å². The molecule has 2 aromatic carbocycles. The van der Waals surface area contributed by atoms with Crippen LogP contribution in [0, 0.1) is 5.82 Å². The van der Waals surface area contributed by atoms with Crippen LogP contribution < -0.4 is 0 Å². The summed E-state index contributed by atoms with van der Waals surface area (Å²) in [6.07, 6.45) is 0.914. The third-order valence-corrected chi connectivity index (χ3v) is 4.63. The summed E-state index contributed by atoms with van der Waals surface area (Å²) in [6, 6.07) is 12.5. The maximum absolute atomic E-state index is 13.1. The molecule has 100 valence electrons. The van der Waals surface area contributed by atoms with Gasteiger partial charge >= 0.3 is 0 Å². The summed E-state index contributed by atoms with van der Waals surface area (Å²) in [4.78, 5) is 0.0204. The molecule has 0 aliphatic carbocycles. The van der Waals surface area contributed by atoms with Gasteiger partial charge in [0.25, 0.3) is 0 Å². The molecule has 0 heterocycles. The summed E-state index contributed by atoms with van der Waals surface area (Å²) in [5.41, 5.74) is 1.87. The standard InChI is InChI=1S/C15H15FO2S/c1-2-12-6-8-13(9-7-12)11-19(17,18)15-5-3-4-14(16)10-15/h3-10H,2,11H2,1H3. The van der Waals surface area contributed by atoms with E-state index in [4.69, 9.17) is 0 Å². The normalized spacial score (nSPS) is 11.5. The van der Waals surface area contributed by atoms with E-state index in [2.05, 4.69) is 0 Å². The zero-order chi connectivity index (χ0) is 13.9. The number of benzene rings is 2. The minimum Gasteiger partial charge on any atom is -0.223 e. The molecule has 0 fully saturated rings. The molecule has 19 heavy (non-hydrogen) atoms. The fraction of sp³-hybridized carbons (Fsp3) is 0.200. The summed E-state index contributed by atoms with van der Waals surface area (Å²) < 4.78 is 37.4. The minimum absolute atomic E-state index is 0.0204. The second-order valence-electron chi connectivity index (χ2n) is 4.39. The molecule has 2 rings (SSSR count). The molecular weight excluding hydrogens is 263 g/mol. The highest BCUT2D eigenvalue weighted by Crippen LogP contribution is 2.17. The van der Waals surface area contributed by atoms with Crippen LogP contribution in [0.3, 0.4) is 0 Å². The maximum Gasteiger partial charge on any atom is 0.182 e. The van der Waals surface area contributed by atoms with Crippen LogP contribution >= 0.6 is 0 Å². The summed E-state index contributed by atoms with van der Waals surface area (Å²) >= 11 is 0. The first-order chi connectivity index (χ1) is 9.01. The molecule has 0 saturated carbocycles. The lowest BCUT2D eigenvalue weighted by atomic mass is 10.1. The number of rotatable bonds is 4. The molecule has 0 bridgehead atoms. The van der Waals surface area contributed by atoms with Crippen molar-refractivity contribution < 1.29 is 12.8 Å². The number of hydrogen-bond donors (Lipinski definition) is 0. The van der Waals surface area contributed by atoms with Crippen LogP contribution in [-0.2, 0) is 22.0 Å². The molecule has 0 spiro atoms. The Bertz CT molecular complexity index is 661. The van der Waals surface area contributed by atoms with Gasteiger partial charge in [-0.2, -0.15) is 0 Å². The van der Waals surface area contributed by atoms with E-state index in [9.17, 15) is 12.8 Å². The average Bonchev–Trinajstić information content (AvgIpc) is 2.39. The Hall–Kier alpha value is -1.68. The monoisotopic (exact) mass is 278 g/mol. The molecular formula is C15H15FO2S. The molecule has 0 unspecified atom stereocenters. The van der Waals surface area contributed by atoms with E-state index in [1.165, 1.54) is 18.2 Å². The number of sulfone groups is 1. The molecule has 0 atom stereocenters. The van der Waals surface area contributed by atoms with Crippen molar-refractivity contribution in [2.24, 2.45) is 0 Å². The van der Waals surface area contributed by atoms with Gasteiger partial charge in [-0.25, -0.2) is 12.8 Å². The first-order valence-electron chi connectivity index (χ1n) is 6.07. The van der Waals surface area contributed by atoms with Gasteiger partial charge in [-0.15, -0.1) is 0 Å². The fourth-order valence-electron chi connectivity index (χ4n) is 1.83. The Morgan fingerprint density at radius 2 is 1.63 bits per heavy atom. The Morgan fingerprint density at radius 3 is 2.21 bits per heavy atom. The van der Waals surface area contributed by atoms with Crippen LogP contribution in [0.1, 0.15) is 18.1 Å². The third-order valence-electron chi connectivity index (χ3n) is 2.94. The summed E-state index contributed by atoms with van der Waals surface area (Å²) in [7, 11) is -3.50. The largest absolute Gasteiger partial charge is 0.223 e. The Kier molecular flexibility index (Phi) is 4.00. The summed E-state index contributed by atoms with van der Waals surface area (Å²) in [5.74, 6) is -0.650. The van der Waals surface area contributed by atoms with Crippen molar-refractivity contribution >= 4 is 9.84 Å². The number of aryl methyl sites for hydroxylation is 1. The van der Waals surface area contributed by atoms with Crippen LogP contribution in [0.2, 0.25) is 0 Å². The summed E-state index contributed by atoms with van der Waals surface area (Å²) in [6.45, 7) is 2.04. The molecule has 0 radical (unpaired) electrons. The van der Waals surface area contributed by atoms with Crippen molar-refractivity contribution in [1.29, 1.82) is 0 Å². The van der Waals surface area contributed by atoms with E-state index in [0.29, 0.717) is 5.56 Å². The fourth-order valence-corrected chi connectivity index (χ4v) is 3.21. The highest BCUT2D eigenvalue weighted by molar-refractivity contribution is 7.90. The van der Waals surface area contributed by atoms with Gasteiger partial charge in [-0.3, -0.25) is 0 Å². The van der Waals surface area contributed by atoms with Crippen molar-refractivity contribution in [2.45, 2.75) is 24.0 Å². The van der Waals surface area contributed by atoms with Crippen LogP contribution in [0.5, 0.6) is 0 Å². The maximum atomic E-state index is 13.1. The van der Waals surface area contributed by atoms with Crippen LogP contribution in [0.15, 0.2) is 53.4 Å². The van der Waals surface area contributed by atoms with Gasteiger partial charge in [-0.05, 0) is 35.7 Å². The van der Waals surface area contributed by atoms with Gasteiger partial charge < -0.3 is 0 Å². The van der Waals surface area contributed by atoms with Crippen molar-refractivity contribution in [3.63, 3.8) is 0 Å². The van der Waals surface area contributed by atoms with Crippen molar-refractivity contribution in [3.05, 3.63) is 65.5 Å². The lowest BCUT2D eigenvalue weighted by molar-refractivity contribution is 0.590. The van der Waals surface area contributed by atoms with Gasteiger partial charge in [0.2, 0.25) is 0 Å². The Balaban J connectivity index is 2.25. The predicted octanol–water partition coefficient (Wildman–Crippen LogP) is 3.36. The van der Waals surface area contributed by atoms with Crippen LogP contribution in [-0.4, -0.2) is 8.42 Å². The second-order valence-corrected chi connectivity index (χ2v) is 6.38. The van der Waals surface area contributed by atoms with Crippen LogP contribution in [0.25, 0.3) is 0 Å². The molecule has 0 aliphatic heterocycles. The lowest BCUT2D eigenvalue weighted by Gasteiger charge is -2.05. The van der Waals surface area contributed by atoms with Gasteiger partial charge in [0, 0.05) is 0 Å². The number of hydrogen-bond acceptors (Lipinski definition) is 2. The van der Waals surface area contributed by atoms with E-state index in [1.807, 2.05) is 19.1 Å². The third kappa shape index (κ3) is 3.41. The molecule has 2 aromatic rings. The predicted molar refractivity (Wildman–Crippen MR) is 73.1 cm³/mol. The first-order valence-corrected chi connectivity index (χ1v) is 7.72. The topological polar surface area (TPSA) is 34.1 Å². The molecule has 0 amide bonds. The minimum atomic E-state index is -3.50. The molecule has 0 aromatic heterocycles. The van der Waals surface area contributed by atoms with E-state index < -0.39 is 15.7 Å². The quantitative estimate of drug-likeness (QED) is 0.859. The smallest absolute Gasteiger partial charge is 0.182 e. The SMILES string of the molecule is CCc1ccc(CS(=O)(=O)c2cccc(F)c2)cc1. The van der Waals surface area contributed by atoms with E-state index >= 15 is 0 Å². The van der Waals surface area contributed by atoms with Gasteiger partial charge in [0.1, 0.15) is 5.82 Å².